The van der Waals surface area contributed by atoms with Gasteiger partial charge in [-0.2, -0.15) is 0 Å². The van der Waals surface area contributed by atoms with Gasteiger partial charge in [0, 0.05) is 32.1 Å². The quantitative estimate of drug-likeness (QED) is 0.780. The van der Waals surface area contributed by atoms with Crippen LogP contribution in [0.3, 0.4) is 0 Å². The van der Waals surface area contributed by atoms with Gasteiger partial charge in [0.05, 0.1) is 13.2 Å². The lowest BCUT2D eigenvalue weighted by Crippen LogP contribution is -2.38. The predicted octanol–water partition coefficient (Wildman–Crippen LogP) is 3.08. The number of furan rings is 1. The van der Waals surface area contributed by atoms with E-state index in [0.29, 0.717) is 11.7 Å². The van der Waals surface area contributed by atoms with Gasteiger partial charge >= 0.3 is 0 Å². The summed E-state index contributed by atoms with van der Waals surface area (Å²) in [5, 5.41) is 4.71. The molecule has 0 radical (unpaired) electrons. The lowest BCUT2D eigenvalue weighted by molar-refractivity contribution is 0.0352. The van der Waals surface area contributed by atoms with Crippen molar-refractivity contribution in [1.29, 1.82) is 0 Å². The zero-order valence-corrected chi connectivity index (χ0v) is 15.0. The number of nitrogens with zero attached hydrogens (tertiary/aromatic N) is 4. The van der Waals surface area contributed by atoms with Gasteiger partial charge in [0.1, 0.15) is 11.6 Å². The van der Waals surface area contributed by atoms with Crippen LogP contribution in [0.5, 0.6) is 0 Å². The van der Waals surface area contributed by atoms with Crippen LogP contribution in [0.2, 0.25) is 0 Å². The molecule has 0 amide bonds. The van der Waals surface area contributed by atoms with Crippen LogP contribution in [0, 0.1) is 6.92 Å². The van der Waals surface area contributed by atoms with Gasteiger partial charge in [0.25, 0.3) is 0 Å². The third-order valence-corrected chi connectivity index (χ3v) is 4.46. The second-order valence-electron chi connectivity index (χ2n) is 6.59. The fourth-order valence-electron chi connectivity index (χ4n) is 3.10. The van der Waals surface area contributed by atoms with E-state index >= 15 is 0 Å². The maximum Gasteiger partial charge on any atom is 0.217 e. The molecule has 1 fully saturated rings. The van der Waals surface area contributed by atoms with Crippen LogP contribution in [0.15, 0.2) is 16.5 Å². The first-order valence-corrected chi connectivity index (χ1v) is 8.99. The van der Waals surface area contributed by atoms with E-state index < -0.39 is 0 Å². The molecule has 1 aliphatic rings. The molecule has 0 spiro atoms. The Kier molecular flexibility index (Phi) is 5.68. The summed E-state index contributed by atoms with van der Waals surface area (Å²) in [4.78, 5) is 7.26. The molecular formula is C18H28N4O2. The average Bonchev–Trinajstić information content (AvgIpc) is 3.20. The topological polar surface area (TPSA) is 56.3 Å². The Bertz CT molecular complexity index is 643. The van der Waals surface area contributed by atoms with Gasteiger partial charge in [-0.15, -0.1) is 5.10 Å². The Hall–Kier alpha value is -1.66. The maximum atomic E-state index is 5.71. The molecule has 3 rings (SSSR count). The first-order chi connectivity index (χ1) is 11.7. The number of rotatable bonds is 7. The summed E-state index contributed by atoms with van der Waals surface area (Å²) in [5.41, 5.74) is 0. The fourth-order valence-corrected chi connectivity index (χ4v) is 3.10. The van der Waals surface area contributed by atoms with Crippen LogP contribution in [0.1, 0.15) is 44.2 Å². The number of aryl methyl sites for hydroxylation is 2. The summed E-state index contributed by atoms with van der Waals surface area (Å²) in [6, 6.07) is 3.91. The lowest BCUT2D eigenvalue weighted by atomic mass is 10.1. The molecule has 132 valence electrons. The molecule has 6 nitrogen and oxygen atoms in total. The van der Waals surface area contributed by atoms with Crippen molar-refractivity contribution < 1.29 is 9.15 Å². The number of ether oxygens (including phenoxy) is 1. The van der Waals surface area contributed by atoms with Crippen LogP contribution in [0.4, 0.5) is 0 Å². The number of hydrogen-bond donors (Lipinski definition) is 0. The molecule has 2 aromatic heterocycles. The number of unbranched alkanes of at least 4 members (excludes halogenated alkanes) is 1. The Balaban J connectivity index is 1.79. The monoisotopic (exact) mass is 332 g/mol. The highest BCUT2D eigenvalue weighted by Crippen LogP contribution is 2.23. The van der Waals surface area contributed by atoms with E-state index in [1.807, 2.05) is 19.1 Å². The summed E-state index contributed by atoms with van der Waals surface area (Å²) < 4.78 is 13.2. The number of morpholine rings is 1. The molecule has 1 aliphatic heterocycles. The van der Waals surface area contributed by atoms with E-state index in [2.05, 4.69) is 23.4 Å². The van der Waals surface area contributed by atoms with Crippen molar-refractivity contribution >= 4 is 0 Å². The summed E-state index contributed by atoms with van der Waals surface area (Å²) in [6.45, 7) is 11.9. The summed E-state index contributed by atoms with van der Waals surface area (Å²) >= 11 is 0. The maximum absolute atomic E-state index is 5.71. The molecule has 0 N–H and O–H groups in total. The first kappa shape index (κ1) is 17.2. The van der Waals surface area contributed by atoms with E-state index in [1.54, 1.807) is 0 Å². The SMILES string of the molecule is CCCCn1nc(-c2ccc(C)o2)nc1[C@H](C)CN1CCOCC1. The number of hydrogen-bond acceptors (Lipinski definition) is 5. The van der Waals surface area contributed by atoms with Crippen LogP contribution in [-0.2, 0) is 11.3 Å². The van der Waals surface area contributed by atoms with Gasteiger partial charge in [-0.3, -0.25) is 4.90 Å². The van der Waals surface area contributed by atoms with Gasteiger partial charge in [-0.1, -0.05) is 20.3 Å². The summed E-state index contributed by atoms with van der Waals surface area (Å²) in [7, 11) is 0. The van der Waals surface area contributed by atoms with Gasteiger partial charge < -0.3 is 9.15 Å². The molecule has 0 unspecified atom stereocenters. The molecule has 3 heterocycles. The molecule has 0 aromatic carbocycles. The summed E-state index contributed by atoms with van der Waals surface area (Å²) in [5.74, 6) is 3.72. The lowest BCUT2D eigenvalue weighted by Gasteiger charge is -2.28. The molecule has 2 aromatic rings. The molecular weight excluding hydrogens is 304 g/mol. The molecule has 1 saturated heterocycles. The number of aromatic nitrogens is 3. The standard InChI is InChI=1S/C18H28N4O2/c1-4-5-8-22-18(14(2)13-21-9-11-23-12-10-21)19-17(20-22)16-7-6-15(3)24-16/h6-7,14H,4-5,8-13H2,1-3H3/t14-/m1/s1. The Morgan fingerprint density at radius 3 is 2.71 bits per heavy atom. The second-order valence-corrected chi connectivity index (χ2v) is 6.59. The molecule has 6 heteroatoms. The van der Waals surface area contributed by atoms with Crippen molar-refractivity contribution in [2.45, 2.75) is 46.1 Å². The van der Waals surface area contributed by atoms with Crippen LogP contribution in [0.25, 0.3) is 11.6 Å². The van der Waals surface area contributed by atoms with Crippen molar-refractivity contribution in [2.24, 2.45) is 0 Å². The fraction of sp³-hybridized carbons (Fsp3) is 0.667. The molecule has 0 bridgehead atoms. The minimum atomic E-state index is 0.331. The van der Waals surface area contributed by atoms with Crippen molar-refractivity contribution in [3.8, 4) is 11.6 Å². The van der Waals surface area contributed by atoms with Crippen LogP contribution >= 0.6 is 0 Å². The highest BCUT2D eigenvalue weighted by Gasteiger charge is 2.21. The van der Waals surface area contributed by atoms with E-state index in [0.717, 1.165) is 69.6 Å². The van der Waals surface area contributed by atoms with Crippen molar-refractivity contribution in [1.82, 2.24) is 19.7 Å². The smallest absolute Gasteiger partial charge is 0.217 e. The van der Waals surface area contributed by atoms with Gasteiger partial charge in [-0.05, 0) is 25.5 Å². The summed E-state index contributed by atoms with van der Waals surface area (Å²) in [6.07, 6.45) is 2.25. The zero-order valence-electron chi connectivity index (χ0n) is 15.0. The average molecular weight is 332 g/mol. The van der Waals surface area contributed by atoms with Crippen LogP contribution in [-0.4, -0.2) is 52.5 Å². The largest absolute Gasteiger partial charge is 0.458 e. The minimum Gasteiger partial charge on any atom is -0.458 e. The van der Waals surface area contributed by atoms with Gasteiger partial charge in [0.2, 0.25) is 5.82 Å². The second kappa shape index (κ2) is 7.94. The van der Waals surface area contributed by atoms with Gasteiger partial charge in [0.15, 0.2) is 5.76 Å². The third-order valence-electron chi connectivity index (χ3n) is 4.46. The first-order valence-electron chi connectivity index (χ1n) is 8.99. The Labute approximate surface area is 143 Å². The zero-order chi connectivity index (χ0) is 16.9. The van der Waals surface area contributed by atoms with Crippen LogP contribution < -0.4 is 0 Å². The highest BCUT2D eigenvalue weighted by atomic mass is 16.5. The van der Waals surface area contributed by atoms with Crippen molar-refractivity contribution in [2.75, 3.05) is 32.8 Å². The van der Waals surface area contributed by atoms with E-state index in [1.165, 1.54) is 0 Å². The highest BCUT2D eigenvalue weighted by molar-refractivity contribution is 5.46. The molecule has 1 atom stereocenters. The Morgan fingerprint density at radius 1 is 1.25 bits per heavy atom. The third kappa shape index (κ3) is 4.05. The predicted molar refractivity (Wildman–Crippen MR) is 93.0 cm³/mol. The van der Waals surface area contributed by atoms with Gasteiger partial charge in [-0.25, -0.2) is 9.67 Å². The molecule has 0 saturated carbocycles. The Morgan fingerprint density at radius 2 is 2.04 bits per heavy atom. The van der Waals surface area contributed by atoms with Crippen molar-refractivity contribution in [3.05, 3.63) is 23.7 Å². The molecule has 0 aliphatic carbocycles. The van der Waals surface area contributed by atoms with E-state index in [9.17, 15) is 0 Å². The normalized spacial score (nSPS) is 17.3. The van der Waals surface area contributed by atoms with E-state index in [4.69, 9.17) is 19.2 Å². The van der Waals surface area contributed by atoms with Crippen molar-refractivity contribution in [3.63, 3.8) is 0 Å². The van der Waals surface area contributed by atoms with E-state index in [-0.39, 0.29) is 0 Å². The minimum absolute atomic E-state index is 0.331. The molecule has 24 heavy (non-hydrogen) atoms.